The highest BCUT2D eigenvalue weighted by Crippen LogP contribution is 2.04. The van der Waals surface area contributed by atoms with Gasteiger partial charge in [-0.2, -0.15) is 0 Å². The van der Waals surface area contributed by atoms with Crippen LogP contribution in [-0.2, 0) is 4.79 Å². The minimum Gasteiger partial charge on any atom is -0.353 e. The molecule has 1 atom stereocenters. The summed E-state index contributed by atoms with van der Waals surface area (Å²) in [6.07, 6.45) is 0.888. The number of nitrogens with one attached hydrogen (secondary N) is 2. The van der Waals surface area contributed by atoms with Gasteiger partial charge in [0.25, 0.3) is 0 Å². The van der Waals surface area contributed by atoms with E-state index in [1.165, 1.54) is 0 Å². The van der Waals surface area contributed by atoms with Crippen LogP contribution in [0.5, 0.6) is 0 Å². The molecule has 0 aliphatic carbocycles. The molecule has 2 N–H and O–H groups in total. The number of piperazine rings is 1. The molecule has 1 aliphatic rings. The van der Waals surface area contributed by atoms with Gasteiger partial charge in [-0.15, -0.1) is 0 Å². The van der Waals surface area contributed by atoms with Gasteiger partial charge in [0.2, 0.25) is 5.91 Å². The normalized spacial score (nSPS) is 25.5. The smallest absolute Gasteiger partial charge is 0.237 e. The van der Waals surface area contributed by atoms with Gasteiger partial charge >= 0.3 is 0 Å². The van der Waals surface area contributed by atoms with Crippen molar-refractivity contribution in [3.05, 3.63) is 0 Å². The first kappa shape index (κ1) is 9.48. The number of likely N-dealkylation sites (N-methyl/N-ethyl adjacent to an activating group) is 1. The Bertz CT molecular complexity index is 160. The fourth-order valence-corrected chi connectivity index (χ4v) is 1.46. The third-order valence-electron chi connectivity index (χ3n) is 2.27. The minimum absolute atomic E-state index is 0.0613. The van der Waals surface area contributed by atoms with Crippen molar-refractivity contribution in [2.24, 2.45) is 0 Å². The lowest BCUT2D eigenvalue weighted by Gasteiger charge is -2.31. The van der Waals surface area contributed by atoms with E-state index in [0.29, 0.717) is 0 Å². The second kappa shape index (κ2) is 4.42. The zero-order valence-electron chi connectivity index (χ0n) is 7.76. The summed E-state index contributed by atoms with van der Waals surface area (Å²) in [7, 11) is 3.90. The molecule has 1 rings (SSSR count). The Morgan fingerprint density at radius 2 is 2.50 bits per heavy atom. The van der Waals surface area contributed by atoms with Crippen LogP contribution in [0.2, 0.25) is 0 Å². The fraction of sp³-hybridized carbons (Fsp3) is 0.875. The summed E-state index contributed by atoms with van der Waals surface area (Å²) in [5, 5.41) is 5.91. The van der Waals surface area contributed by atoms with E-state index in [1.54, 1.807) is 0 Å². The molecule has 0 spiro atoms. The van der Waals surface area contributed by atoms with Crippen molar-refractivity contribution < 1.29 is 4.79 Å². The third-order valence-corrected chi connectivity index (χ3v) is 2.27. The quantitative estimate of drug-likeness (QED) is 0.574. The molecule has 0 aromatic carbocycles. The highest BCUT2D eigenvalue weighted by molar-refractivity contribution is 5.82. The molecule has 0 saturated carbocycles. The molecule has 4 heteroatoms. The zero-order valence-corrected chi connectivity index (χ0v) is 7.76. The summed E-state index contributed by atoms with van der Waals surface area (Å²) in [5.41, 5.74) is 0. The Hall–Kier alpha value is -0.610. The summed E-state index contributed by atoms with van der Waals surface area (Å²) < 4.78 is 0. The average molecular weight is 171 g/mol. The van der Waals surface area contributed by atoms with Crippen LogP contribution in [0.3, 0.4) is 0 Å². The topological polar surface area (TPSA) is 44.4 Å². The summed E-state index contributed by atoms with van der Waals surface area (Å²) in [4.78, 5) is 13.4. The number of carbonyl (C=O) groups is 1. The Kier molecular flexibility index (Phi) is 3.49. The van der Waals surface area contributed by atoms with E-state index in [-0.39, 0.29) is 11.9 Å². The van der Waals surface area contributed by atoms with Gasteiger partial charge in [-0.25, -0.2) is 0 Å². The van der Waals surface area contributed by atoms with E-state index in [0.717, 1.165) is 26.1 Å². The number of hydrogen-bond acceptors (Lipinski definition) is 3. The lowest BCUT2D eigenvalue weighted by molar-refractivity contribution is -0.128. The third kappa shape index (κ3) is 2.19. The molecule has 0 bridgehead atoms. The largest absolute Gasteiger partial charge is 0.353 e. The SMILES string of the molecule is CNCCC1C(=O)NCCN1C. The first-order valence-electron chi connectivity index (χ1n) is 4.38. The van der Waals surface area contributed by atoms with Gasteiger partial charge in [0.15, 0.2) is 0 Å². The van der Waals surface area contributed by atoms with Crippen molar-refractivity contribution in [2.75, 3.05) is 33.7 Å². The minimum atomic E-state index is 0.0613. The molecule has 1 saturated heterocycles. The molecule has 1 fully saturated rings. The average Bonchev–Trinajstić information content (AvgIpc) is 2.04. The van der Waals surface area contributed by atoms with E-state index in [4.69, 9.17) is 0 Å². The number of amides is 1. The van der Waals surface area contributed by atoms with E-state index < -0.39 is 0 Å². The number of rotatable bonds is 3. The molecule has 1 amide bonds. The second-order valence-electron chi connectivity index (χ2n) is 3.18. The van der Waals surface area contributed by atoms with Crippen molar-refractivity contribution in [1.82, 2.24) is 15.5 Å². The molecule has 12 heavy (non-hydrogen) atoms. The van der Waals surface area contributed by atoms with Gasteiger partial charge in [-0.1, -0.05) is 0 Å². The predicted molar refractivity (Wildman–Crippen MR) is 48.0 cm³/mol. The van der Waals surface area contributed by atoms with Crippen LogP contribution in [0.4, 0.5) is 0 Å². The van der Waals surface area contributed by atoms with Gasteiger partial charge in [0.1, 0.15) is 0 Å². The maximum atomic E-state index is 11.3. The van der Waals surface area contributed by atoms with Gasteiger partial charge in [-0.05, 0) is 27.1 Å². The molecule has 1 heterocycles. The van der Waals surface area contributed by atoms with E-state index in [2.05, 4.69) is 15.5 Å². The van der Waals surface area contributed by atoms with Crippen LogP contribution >= 0.6 is 0 Å². The van der Waals surface area contributed by atoms with Crippen LogP contribution in [0.25, 0.3) is 0 Å². The Morgan fingerprint density at radius 3 is 3.08 bits per heavy atom. The van der Waals surface area contributed by atoms with Crippen LogP contribution in [0.1, 0.15) is 6.42 Å². The van der Waals surface area contributed by atoms with Crippen LogP contribution in [0, 0.1) is 0 Å². The first-order valence-corrected chi connectivity index (χ1v) is 4.38. The Morgan fingerprint density at radius 1 is 1.75 bits per heavy atom. The van der Waals surface area contributed by atoms with Crippen LogP contribution in [0.15, 0.2) is 0 Å². The molecule has 0 aromatic heterocycles. The van der Waals surface area contributed by atoms with E-state index in [1.807, 2.05) is 14.1 Å². The van der Waals surface area contributed by atoms with Gasteiger partial charge in [0.05, 0.1) is 6.04 Å². The zero-order chi connectivity index (χ0) is 8.97. The van der Waals surface area contributed by atoms with Crippen molar-refractivity contribution in [2.45, 2.75) is 12.5 Å². The molecule has 1 aliphatic heterocycles. The predicted octanol–water partition coefficient (Wildman–Crippen LogP) is -0.974. The molecule has 1 unspecified atom stereocenters. The van der Waals surface area contributed by atoms with Crippen molar-refractivity contribution in [3.63, 3.8) is 0 Å². The monoisotopic (exact) mass is 171 g/mol. The van der Waals surface area contributed by atoms with E-state index in [9.17, 15) is 4.79 Å². The molecule has 0 aromatic rings. The summed E-state index contributed by atoms with van der Waals surface area (Å²) in [5.74, 6) is 0.166. The second-order valence-corrected chi connectivity index (χ2v) is 3.18. The van der Waals surface area contributed by atoms with Crippen LogP contribution < -0.4 is 10.6 Å². The lowest BCUT2D eigenvalue weighted by atomic mass is 10.1. The summed E-state index contributed by atoms with van der Waals surface area (Å²) >= 11 is 0. The van der Waals surface area contributed by atoms with Crippen molar-refractivity contribution >= 4 is 5.91 Å². The summed E-state index contributed by atoms with van der Waals surface area (Å²) in [6, 6.07) is 0.0613. The fourth-order valence-electron chi connectivity index (χ4n) is 1.46. The molecular weight excluding hydrogens is 154 g/mol. The number of hydrogen-bond donors (Lipinski definition) is 2. The van der Waals surface area contributed by atoms with Crippen molar-refractivity contribution in [1.29, 1.82) is 0 Å². The van der Waals surface area contributed by atoms with E-state index >= 15 is 0 Å². The standard InChI is InChI=1S/C8H17N3O/c1-9-4-3-7-8(12)10-5-6-11(7)2/h7,9H,3-6H2,1-2H3,(H,10,12). The van der Waals surface area contributed by atoms with Crippen LogP contribution in [-0.4, -0.2) is 50.6 Å². The molecule has 70 valence electrons. The Balaban J connectivity index is 2.40. The first-order chi connectivity index (χ1) is 5.75. The highest BCUT2D eigenvalue weighted by Gasteiger charge is 2.25. The molecular formula is C8H17N3O. The highest BCUT2D eigenvalue weighted by atomic mass is 16.2. The maximum absolute atomic E-state index is 11.3. The maximum Gasteiger partial charge on any atom is 0.237 e. The Labute approximate surface area is 73.3 Å². The lowest BCUT2D eigenvalue weighted by Crippen LogP contribution is -2.54. The van der Waals surface area contributed by atoms with Gasteiger partial charge in [0, 0.05) is 13.1 Å². The molecule has 0 radical (unpaired) electrons. The summed E-state index contributed by atoms with van der Waals surface area (Å²) in [6.45, 7) is 2.63. The van der Waals surface area contributed by atoms with Crippen molar-refractivity contribution in [3.8, 4) is 0 Å². The number of carbonyl (C=O) groups excluding carboxylic acids is 1. The van der Waals surface area contributed by atoms with Gasteiger partial charge in [-0.3, -0.25) is 9.69 Å². The molecule has 4 nitrogen and oxygen atoms in total. The van der Waals surface area contributed by atoms with Gasteiger partial charge < -0.3 is 10.6 Å². The number of nitrogens with zero attached hydrogens (tertiary/aromatic N) is 1.